The average Bonchev–Trinajstić information content (AvgIpc) is 2.71. The number of benzene rings is 2. The molecule has 0 unspecified atom stereocenters. The summed E-state index contributed by atoms with van der Waals surface area (Å²) in [5.74, 6) is 0.650. The highest BCUT2D eigenvalue weighted by Crippen LogP contribution is 2.34. The van der Waals surface area contributed by atoms with Crippen molar-refractivity contribution in [3.63, 3.8) is 0 Å². The normalized spacial score (nSPS) is 10.8. The monoisotopic (exact) mass is 374 g/mol. The second-order valence-electron chi connectivity index (χ2n) is 6.12. The number of pyridine rings is 1. The quantitative estimate of drug-likeness (QED) is 0.287. The predicted molar refractivity (Wildman–Crippen MR) is 104 cm³/mol. The van der Waals surface area contributed by atoms with Gasteiger partial charge in [-0.3, -0.25) is 10.1 Å². The van der Waals surface area contributed by atoms with E-state index < -0.39 is 10.5 Å². The van der Waals surface area contributed by atoms with E-state index in [4.69, 9.17) is 9.15 Å². The molecule has 4 aromatic rings. The third kappa shape index (κ3) is 3.21. The largest absolute Gasteiger partial charge is 0.439 e. The Morgan fingerprint density at radius 1 is 1.07 bits per heavy atom. The molecule has 0 radical (unpaired) electrons. The molecule has 0 spiro atoms. The van der Waals surface area contributed by atoms with Crippen LogP contribution in [-0.2, 0) is 0 Å². The van der Waals surface area contributed by atoms with Crippen molar-refractivity contribution < 1.29 is 14.1 Å². The molecule has 0 amide bonds. The molecule has 7 heteroatoms. The van der Waals surface area contributed by atoms with Crippen LogP contribution in [0.2, 0.25) is 0 Å². The van der Waals surface area contributed by atoms with Crippen molar-refractivity contribution in [3.8, 4) is 22.8 Å². The summed E-state index contributed by atoms with van der Waals surface area (Å²) < 4.78 is 11.2. The van der Waals surface area contributed by atoms with E-state index in [2.05, 4.69) is 4.98 Å². The number of nitrogens with zero attached hydrogens (tertiary/aromatic N) is 2. The lowest BCUT2D eigenvalue weighted by atomic mass is 10.0. The zero-order valence-electron chi connectivity index (χ0n) is 14.8. The first-order valence-electron chi connectivity index (χ1n) is 8.44. The number of nitro groups is 1. The molecule has 138 valence electrons. The van der Waals surface area contributed by atoms with E-state index in [1.807, 2.05) is 36.4 Å². The molecule has 0 N–H and O–H groups in total. The van der Waals surface area contributed by atoms with Crippen LogP contribution in [0, 0.1) is 17.0 Å². The van der Waals surface area contributed by atoms with Crippen LogP contribution < -0.4 is 10.4 Å². The maximum Gasteiger partial charge on any atom is 0.336 e. The summed E-state index contributed by atoms with van der Waals surface area (Å²) in [6.45, 7) is 1.78. The van der Waals surface area contributed by atoms with Crippen molar-refractivity contribution in [2.75, 3.05) is 0 Å². The Kier molecular flexibility index (Phi) is 4.33. The minimum Gasteiger partial charge on any atom is -0.439 e. The van der Waals surface area contributed by atoms with E-state index in [-0.39, 0.29) is 11.6 Å². The van der Waals surface area contributed by atoms with Gasteiger partial charge >= 0.3 is 5.63 Å². The van der Waals surface area contributed by atoms with Crippen molar-refractivity contribution in [2.45, 2.75) is 6.92 Å². The number of fused-ring (bicyclic) bond motifs is 1. The fraction of sp³-hybridized carbons (Fsp3) is 0.0476. The molecule has 7 nitrogen and oxygen atoms in total. The van der Waals surface area contributed by atoms with Gasteiger partial charge in [0.05, 0.1) is 4.92 Å². The summed E-state index contributed by atoms with van der Waals surface area (Å²) in [5.41, 5.74) is 2.15. The maximum absolute atomic E-state index is 12.1. The van der Waals surface area contributed by atoms with Crippen molar-refractivity contribution in [1.29, 1.82) is 0 Å². The maximum atomic E-state index is 12.1. The van der Waals surface area contributed by atoms with Gasteiger partial charge in [0.25, 0.3) is 5.69 Å². The van der Waals surface area contributed by atoms with Crippen LogP contribution in [0.5, 0.6) is 11.6 Å². The van der Waals surface area contributed by atoms with E-state index >= 15 is 0 Å². The number of aryl methyl sites for hydroxylation is 1. The Morgan fingerprint density at radius 2 is 1.86 bits per heavy atom. The van der Waals surface area contributed by atoms with Crippen LogP contribution >= 0.6 is 0 Å². The summed E-state index contributed by atoms with van der Waals surface area (Å²) in [6.07, 6.45) is 1.12. The Hall–Kier alpha value is -4.00. The molecule has 0 bridgehead atoms. The first-order chi connectivity index (χ1) is 13.5. The molecule has 0 saturated heterocycles. The number of ether oxygens (including phenoxy) is 1. The van der Waals surface area contributed by atoms with Crippen LogP contribution in [0.25, 0.3) is 22.1 Å². The smallest absolute Gasteiger partial charge is 0.336 e. The number of hydrogen-bond donors (Lipinski definition) is 0. The molecule has 0 atom stereocenters. The van der Waals surface area contributed by atoms with Crippen LogP contribution in [0.4, 0.5) is 5.69 Å². The highest BCUT2D eigenvalue weighted by atomic mass is 16.6. The molecule has 0 aliphatic rings. The standard InChI is InChI=1S/C21H14N2O5/c1-13-18(27-19-10-7-15(12-22-19)23(25)26)9-8-16-17(11-20(24)28-21(13)16)14-5-3-2-4-6-14/h2-12H,1H3. The van der Waals surface area contributed by atoms with E-state index in [1.165, 1.54) is 18.2 Å². The minimum atomic E-state index is -0.530. The van der Waals surface area contributed by atoms with Gasteiger partial charge in [0.15, 0.2) is 0 Å². The van der Waals surface area contributed by atoms with E-state index in [9.17, 15) is 14.9 Å². The molecular formula is C21H14N2O5. The third-order valence-corrected chi connectivity index (χ3v) is 4.34. The van der Waals surface area contributed by atoms with Gasteiger partial charge < -0.3 is 9.15 Å². The SMILES string of the molecule is Cc1c(Oc2ccc([N+](=O)[O-])cn2)ccc2c(-c3ccccc3)cc(=O)oc12. The number of aromatic nitrogens is 1. The fourth-order valence-corrected chi connectivity index (χ4v) is 2.96. The van der Waals surface area contributed by atoms with Crippen molar-refractivity contribution >= 4 is 16.7 Å². The second-order valence-corrected chi connectivity index (χ2v) is 6.12. The molecule has 2 heterocycles. The predicted octanol–water partition coefficient (Wildman–Crippen LogP) is 4.86. The van der Waals surface area contributed by atoms with Crippen LogP contribution in [0.15, 0.2) is 76.1 Å². The fourth-order valence-electron chi connectivity index (χ4n) is 2.96. The van der Waals surface area contributed by atoms with Crippen molar-refractivity contribution in [2.24, 2.45) is 0 Å². The van der Waals surface area contributed by atoms with Gasteiger partial charge in [-0.05, 0) is 30.2 Å². The zero-order chi connectivity index (χ0) is 19.7. The Labute approximate surface area is 159 Å². The van der Waals surface area contributed by atoms with Crippen LogP contribution in [0.3, 0.4) is 0 Å². The summed E-state index contributed by atoms with van der Waals surface area (Å²) in [7, 11) is 0. The Balaban J connectivity index is 1.79. The van der Waals surface area contributed by atoms with E-state index in [0.717, 1.165) is 22.7 Å². The average molecular weight is 374 g/mol. The van der Waals surface area contributed by atoms with Gasteiger partial charge in [0, 0.05) is 29.1 Å². The van der Waals surface area contributed by atoms with Crippen LogP contribution in [0.1, 0.15) is 5.56 Å². The topological polar surface area (TPSA) is 95.5 Å². The highest BCUT2D eigenvalue weighted by molar-refractivity contribution is 5.95. The van der Waals surface area contributed by atoms with Gasteiger partial charge in [-0.25, -0.2) is 9.78 Å². The van der Waals surface area contributed by atoms with E-state index in [1.54, 1.807) is 13.0 Å². The lowest BCUT2D eigenvalue weighted by molar-refractivity contribution is -0.385. The van der Waals surface area contributed by atoms with E-state index in [0.29, 0.717) is 16.9 Å². The lowest BCUT2D eigenvalue weighted by Gasteiger charge is -2.11. The highest BCUT2D eigenvalue weighted by Gasteiger charge is 2.14. The molecule has 28 heavy (non-hydrogen) atoms. The Morgan fingerprint density at radius 3 is 2.54 bits per heavy atom. The van der Waals surface area contributed by atoms with Gasteiger partial charge in [0.2, 0.25) is 5.88 Å². The van der Waals surface area contributed by atoms with Gasteiger partial charge in [-0.2, -0.15) is 0 Å². The summed E-state index contributed by atoms with van der Waals surface area (Å²) in [5, 5.41) is 11.5. The molecule has 2 aromatic carbocycles. The Bertz CT molecular complexity index is 1230. The van der Waals surface area contributed by atoms with Gasteiger partial charge in [-0.1, -0.05) is 30.3 Å². The first-order valence-corrected chi connectivity index (χ1v) is 8.44. The number of hydrogen-bond acceptors (Lipinski definition) is 6. The van der Waals surface area contributed by atoms with Crippen molar-refractivity contribution in [3.05, 3.63) is 93.0 Å². The summed E-state index contributed by atoms with van der Waals surface area (Å²) in [4.78, 5) is 26.3. The summed E-state index contributed by atoms with van der Waals surface area (Å²) >= 11 is 0. The van der Waals surface area contributed by atoms with Gasteiger partial charge in [-0.15, -0.1) is 0 Å². The minimum absolute atomic E-state index is 0.124. The molecule has 0 aliphatic heterocycles. The van der Waals surface area contributed by atoms with Gasteiger partial charge in [0.1, 0.15) is 17.5 Å². The molecular weight excluding hydrogens is 360 g/mol. The third-order valence-electron chi connectivity index (χ3n) is 4.34. The molecule has 0 saturated carbocycles. The first kappa shape index (κ1) is 17.4. The molecule has 0 fully saturated rings. The molecule has 2 aromatic heterocycles. The molecule has 4 rings (SSSR count). The lowest BCUT2D eigenvalue weighted by Crippen LogP contribution is -2.00. The van der Waals surface area contributed by atoms with Crippen LogP contribution in [-0.4, -0.2) is 9.91 Å². The second kappa shape index (κ2) is 6.96. The number of rotatable bonds is 4. The molecule has 0 aliphatic carbocycles. The summed E-state index contributed by atoms with van der Waals surface area (Å²) in [6, 6.07) is 17.3. The van der Waals surface area contributed by atoms with Crippen molar-refractivity contribution in [1.82, 2.24) is 4.98 Å². The zero-order valence-corrected chi connectivity index (χ0v) is 14.8.